The van der Waals surface area contributed by atoms with Crippen molar-refractivity contribution in [1.82, 2.24) is 20.3 Å². The fourth-order valence-corrected chi connectivity index (χ4v) is 3.55. The lowest BCUT2D eigenvalue weighted by Gasteiger charge is -2.21. The summed E-state index contributed by atoms with van der Waals surface area (Å²) in [6.45, 7) is 5.91. The molecule has 0 saturated carbocycles. The molecule has 3 N–H and O–H groups in total. The minimum atomic E-state index is 0.0477. The molecular formula is C22H26N6O. The van der Waals surface area contributed by atoms with Crippen LogP contribution < -0.4 is 16.0 Å². The Morgan fingerprint density at radius 3 is 2.69 bits per heavy atom. The zero-order valence-corrected chi connectivity index (χ0v) is 16.8. The van der Waals surface area contributed by atoms with Crippen LogP contribution in [0.25, 0.3) is 22.0 Å². The van der Waals surface area contributed by atoms with Crippen molar-refractivity contribution in [3.63, 3.8) is 0 Å². The lowest BCUT2D eigenvalue weighted by Crippen LogP contribution is -2.34. The number of amides is 1. The standard InChI is InChI=1S/C22H26N6O/c1-14(2)26-21-13-24-12-19(27-21)16-3-4-17-11-25-20(10-18(17)9-16)28-22(29)15-5-7-23-8-6-15/h3-4,9-15,23H,5-8H2,1-2H3,(H,26,27)(H,25,28,29). The predicted molar refractivity (Wildman–Crippen MR) is 116 cm³/mol. The number of pyridine rings is 1. The molecule has 0 bridgehead atoms. The van der Waals surface area contributed by atoms with Crippen LogP contribution in [0.4, 0.5) is 11.6 Å². The number of carbonyl (C=O) groups is 1. The predicted octanol–water partition coefficient (Wildman–Crippen LogP) is 3.45. The maximum Gasteiger partial charge on any atom is 0.228 e. The van der Waals surface area contributed by atoms with E-state index < -0.39 is 0 Å². The Balaban J connectivity index is 1.57. The molecule has 3 aromatic rings. The molecule has 150 valence electrons. The van der Waals surface area contributed by atoms with Gasteiger partial charge in [-0.3, -0.25) is 9.78 Å². The van der Waals surface area contributed by atoms with Crippen LogP contribution in [0.1, 0.15) is 26.7 Å². The van der Waals surface area contributed by atoms with Crippen molar-refractivity contribution in [1.29, 1.82) is 0 Å². The van der Waals surface area contributed by atoms with Gasteiger partial charge < -0.3 is 16.0 Å². The third-order valence-electron chi connectivity index (χ3n) is 5.05. The van der Waals surface area contributed by atoms with Gasteiger partial charge in [0.25, 0.3) is 0 Å². The number of hydrogen-bond donors (Lipinski definition) is 3. The van der Waals surface area contributed by atoms with Gasteiger partial charge in [-0.2, -0.15) is 0 Å². The molecule has 1 amide bonds. The Morgan fingerprint density at radius 1 is 1.07 bits per heavy atom. The first-order valence-electron chi connectivity index (χ1n) is 10.1. The summed E-state index contributed by atoms with van der Waals surface area (Å²) in [4.78, 5) is 25.9. The molecule has 1 fully saturated rings. The molecule has 7 nitrogen and oxygen atoms in total. The molecule has 0 atom stereocenters. The average Bonchev–Trinajstić information content (AvgIpc) is 2.73. The monoisotopic (exact) mass is 390 g/mol. The van der Waals surface area contributed by atoms with Crippen LogP contribution in [0, 0.1) is 5.92 Å². The minimum absolute atomic E-state index is 0.0477. The molecule has 1 aromatic carbocycles. The number of nitrogens with zero attached hydrogens (tertiary/aromatic N) is 3. The minimum Gasteiger partial charge on any atom is -0.367 e. The highest BCUT2D eigenvalue weighted by Crippen LogP contribution is 2.25. The molecule has 0 aliphatic carbocycles. The fourth-order valence-electron chi connectivity index (χ4n) is 3.55. The number of aromatic nitrogens is 3. The molecule has 3 heterocycles. The third kappa shape index (κ3) is 4.68. The highest BCUT2D eigenvalue weighted by Gasteiger charge is 2.21. The second kappa shape index (κ2) is 8.53. The highest BCUT2D eigenvalue weighted by atomic mass is 16.1. The van der Waals surface area contributed by atoms with Crippen LogP contribution in [0.2, 0.25) is 0 Å². The van der Waals surface area contributed by atoms with Crippen molar-refractivity contribution in [2.75, 3.05) is 23.7 Å². The van der Waals surface area contributed by atoms with E-state index in [2.05, 4.69) is 50.8 Å². The van der Waals surface area contributed by atoms with Gasteiger partial charge in [-0.05, 0) is 57.3 Å². The van der Waals surface area contributed by atoms with E-state index in [1.54, 1.807) is 18.6 Å². The molecule has 29 heavy (non-hydrogen) atoms. The second-order valence-corrected chi connectivity index (χ2v) is 7.73. The van der Waals surface area contributed by atoms with Gasteiger partial charge in [0.2, 0.25) is 5.91 Å². The molecular weight excluding hydrogens is 364 g/mol. The van der Waals surface area contributed by atoms with E-state index >= 15 is 0 Å². The van der Waals surface area contributed by atoms with Crippen molar-refractivity contribution in [2.45, 2.75) is 32.7 Å². The first-order valence-corrected chi connectivity index (χ1v) is 10.1. The van der Waals surface area contributed by atoms with Crippen LogP contribution >= 0.6 is 0 Å². The Labute approximate surface area is 170 Å². The number of piperidine rings is 1. The van der Waals surface area contributed by atoms with Gasteiger partial charge in [0.1, 0.15) is 11.6 Å². The fraction of sp³-hybridized carbons (Fsp3) is 0.364. The van der Waals surface area contributed by atoms with Gasteiger partial charge in [-0.1, -0.05) is 12.1 Å². The first-order chi connectivity index (χ1) is 14.1. The molecule has 0 unspecified atom stereocenters. The number of benzene rings is 1. The smallest absolute Gasteiger partial charge is 0.228 e. The lowest BCUT2D eigenvalue weighted by atomic mass is 9.97. The summed E-state index contributed by atoms with van der Waals surface area (Å²) in [5.74, 6) is 1.43. The van der Waals surface area contributed by atoms with Crippen molar-refractivity contribution in [3.8, 4) is 11.3 Å². The largest absolute Gasteiger partial charge is 0.367 e. The van der Waals surface area contributed by atoms with Gasteiger partial charge in [0.05, 0.1) is 18.1 Å². The quantitative estimate of drug-likeness (QED) is 0.618. The second-order valence-electron chi connectivity index (χ2n) is 7.73. The van der Waals surface area contributed by atoms with E-state index in [0.29, 0.717) is 5.82 Å². The van der Waals surface area contributed by atoms with Gasteiger partial charge >= 0.3 is 0 Å². The number of rotatable bonds is 5. The van der Waals surface area contributed by atoms with E-state index in [0.717, 1.165) is 53.8 Å². The molecule has 7 heteroatoms. The van der Waals surface area contributed by atoms with Crippen molar-refractivity contribution in [2.24, 2.45) is 5.92 Å². The average molecular weight is 390 g/mol. The van der Waals surface area contributed by atoms with Crippen molar-refractivity contribution >= 4 is 28.3 Å². The molecule has 1 aliphatic heterocycles. The summed E-state index contributed by atoms with van der Waals surface area (Å²) >= 11 is 0. The molecule has 0 radical (unpaired) electrons. The van der Waals surface area contributed by atoms with Crippen molar-refractivity contribution < 1.29 is 4.79 Å². The Kier molecular flexibility index (Phi) is 5.67. The summed E-state index contributed by atoms with van der Waals surface area (Å²) in [5, 5.41) is 11.6. The zero-order chi connectivity index (χ0) is 20.2. The Morgan fingerprint density at radius 2 is 1.90 bits per heavy atom. The number of fused-ring (bicyclic) bond motifs is 1. The molecule has 1 aliphatic rings. The van der Waals surface area contributed by atoms with E-state index in [-0.39, 0.29) is 17.9 Å². The van der Waals surface area contributed by atoms with E-state index in [1.165, 1.54) is 0 Å². The van der Waals surface area contributed by atoms with Gasteiger partial charge in [0, 0.05) is 29.1 Å². The van der Waals surface area contributed by atoms with Crippen LogP contribution in [-0.2, 0) is 4.79 Å². The highest BCUT2D eigenvalue weighted by molar-refractivity contribution is 5.95. The third-order valence-corrected chi connectivity index (χ3v) is 5.05. The summed E-state index contributed by atoms with van der Waals surface area (Å²) in [6, 6.07) is 8.29. The van der Waals surface area contributed by atoms with Crippen LogP contribution in [0.15, 0.2) is 42.9 Å². The molecule has 2 aromatic heterocycles. The van der Waals surface area contributed by atoms with E-state index in [4.69, 9.17) is 0 Å². The van der Waals surface area contributed by atoms with Gasteiger partial charge in [0.15, 0.2) is 0 Å². The maximum absolute atomic E-state index is 12.5. The van der Waals surface area contributed by atoms with Crippen LogP contribution in [-0.4, -0.2) is 40.0 Å². The van der Waals surface area contributed by atoms with E-state index in [9.17, 15) is 4.79 Å². The summed E-state index contributed by atoms with van der Waals surface area (Å²) < 4.78 is 0. The maximum atomic E-state index is 12.5. The Hall–Kier alpha value is -3.06. The SMILES string of the molecule is CC(C)Nc1cncc(-c2ccc3cnc(NC(=O)C4CCNCC4)cc3c2)n1. The summed E-state index contributed by atoms with van der Waals surface area (Å²) in [5.41, 5.74) is 1.77. The normalized spacial score (nSPS) is 14.9. The molecule has 4 rings (SSSR count). The first kappa shape index (κ1) is 19.3. The number of hydrogen-bond acceptors (Lipinski definition) is 6. The zero-order valence-electron chi connectivity index (χ0n) is 16.8. The van der Waals surface area contributed by atoms with Gasteiger partial charge in [-0.25, -0.2) is 9.97 Å². The number of anilines is 2. The van der Waals surface area contributed by atoms with E-state index in [1.807, 2.05) is 18.2 Å². The molecule has 0 spiro atoms. The van der Waals surface area contributed by atoms with Crippen LogP contribution in [0.3, 0.4) is 0 Å². The van der Waals surface area contributed by atoms with Gasteiger partial charge in [-0.15, -0.1) is 0 Å². The summed E-state index contributed by atoms with van der Waals surface area (Å²) in [6.07, 6.45) is 7.00. The number of nitrogens with one attached hydrogen (secondary N) is 3. The summed E-state index contributed by atoms with van der Waals surface area (Å²) in [7, 11) is 0. The topological polar surface area (TPSA) is 91.8 Å². The van der Waals surface area contributed by atoms with Crippen molar-refractivity contribution in [3.05, 3.63) is 42.9 Å². The lowest BCUT2D eigenvalue weighted by molar-refractivity contribution is -0.120. The number of carbonyl (C=O) groups excluding carboxylic acids is 1. The Bertz CT molecular complexity index is 1010. The molecule has 1 saturated heterocycles. The van der Waals surface area contributed by atoms with Crippen LogP contribution in [0.5, 0.6) is 0 Å².